The number of aromatic nitrogens is 10. The van der Waals surface area contributed by atoms with Crippen molar-refractivity contribution in [1.29, 1.82) is 0 Å². The summed E-state index contributed by atoms with van der Waals surface area (Å²) in [5.41, 5.74) is 14.9. The number of carbonyl (C=O) groups excluding carboxylic acids is 1. The van der Waals surface area contributed by atoms with Crippen LogP contribution in [0.3, 0.4) is 0 Å². The van der Waals surface area contributed by atoms with Crippen molar-refractivity contribution in [2.45, 2.75) is 78.2 Å². The number of hydrogen-bond acceptors (Lipinski definition) is 15. The molecular weight excluding hydrogens is 672 g/mol. The van der Waals surface area contributed by atoms with Crippen LogP contribution < -0.4 is 11.5 Å². The van der Waals surface area contributed by atoms with Gasteiger partial charge in [0, 0.05) is 20.2 Å². The van der Waals surface area contributed by atoms with Gasteiger partial charge in [-0.3, -0.25) is 4.79 Å². The third-order valence-corrected chi connectivity index (χ3v) is 8.20. The van der Waals surface area contributed by atoms with E-state index >= 15 is 0 Å². The number of azo groups is 2. The monoisotopic (exact) mass is 714 g/mol. The summed E-state index contributed by atoms with van der Waals surface area (Å²) in [6, 6.07) is 1.60. The molecule has 1 atom stereocenters. The minimum atomic E-state index is -1.19. The fourth-order valence-corrected chi connectivity index (χ4v) is 5.30. The first-order valence-electron chi connectivity index (χ1n) is 16.9. The van der Waals surface area contributed by atoms with Gasteiger partial charge >= 0.3 is 5.97 Å². The number of carboxylic acids is 1. The maximum absolute atomic E-state index is 12.9. The molecule has 5 rings (SSSR count). The zero-order valence-corrected chi connectivity index (χ0v) is 29.7. The molecule has 0 amide bonds. The molecule has 0 radical (unpaired) electrons. The van der Waals surface area contributed by atoms with Gasteiger partial charge in [-0.15, -0.1) is 20.5 Å². The second-order valence-corrected chi connectivity index (χ2v) is 12.0. The molecule has 5 aromatic rings. The van der Waals surface area contributed by atoms with E-state index < -0.39 is 17.9 Å². The van der Waals surface area contributed by atoms with Crippen molar-refractivity contribution >= 4 is 46.4 Å². The number of aliphatic hydroxyl groups excluding tert-OH is 1. The van der Waals surface area contributed by atoms with Crippen LogP contribution in [0.4, 0.5) is 34.6 Å². The zero-order chi connectivity index (χ0) is 37.5. The van der Waals surface area contributed by atoms with Crippen molar-refractivity contribution < 1.29 is 19.8 Å². The summed E-state index contributed by atoms with van der Waals surface area (Å²) in [5.74, 6) is -0.638. The van der Waals surface area contributed by atoms with Gasteiger partial charge in [-0.05, 0) is 32.1 Å². The summed E-state index contributed by atoms with van der Waals surface area (Å²) in [4.78, 5) is 33.4. The number of carboxylic acid groups (broad SMARTS) is 1. The van der Waals surface area contributed by atoms with E-state index in [1.54, 1.807) is 20.2 Å². The van der Waals surface area contributed by atoms with Crippen molar-refractivity contribution in [1.82, 2.24) is 49.1 Å². The van der Waals surface area contributed by atoms with E-state index in [1.807, 2.05) is 20.8 Å². The standard InChI is InChI=1S/C32H42N16O4/c1-6-9-12-20-25(39-41-30-18(15-37-45(30)4)27(50)22(49)11-8-3)28(33)47(43-20)23-14-24(36-17-35-23)48-29(34)26(21(44-48)13-10-7-2)40-42-31-19(32(51)52)16-38-46(31)5/h14-17,22,49H,6-13,33-34H2,1-5H3,(H,51,52)/b41-39+,42-40+. The predicted molar refractivity (Wildman–Crippen MR) is 189 cm³/mol. The lowest BCUT2D eigenvalue weighted by molar-refractivity contribution is 0.0696. The summed E-state index contributed by atoms with van der Waals surface area (Å²) in [6.07, 6.45) is 8.03. The summed E-state index contributed by atoms with van der Waals surface area (Å²) in [5, 5.41) is 54.7. The molecule has 1 unspecified atom stereocenters. The van der Waals surface area contributed by atoms with Crippen molar-refractivity contribution in [3.8, 4) is 11.6 Å². The van der Waals surface area contributed by atoms with Gasteiger partial charge in [0.1, 0.15) is 18.0 Å². The number of aliphatic hydroxyl groups is 1. The lowest BCUT2D eigenvalue weighted by Crippen LogP contribution is -2.19. The molecule has 20 nitrogen and oxygen atoms in total. The van der Waals surface area contributed by atoms with Crippen molar-refractivity contribution in [2.75, 3.05) is 11.5 Å². The summed E-state index contributed by atoms with van der Waals surface area (Å²) in [6.45, 7) is 5.96. The van der Waals surface area contributed by atoms with Crippen LogP contribution in [0.2, 0.25) is 0 Å². The Morgan fingerprint density at radius 3 is 1.71 bits per heavy atom. The number of rotatable bonds is 17. The van der Waals surface area contributed by atoms with Gasteiger partial charge in [-0.1, -0.05) is 40.0 Å². The number of Topliss-reactive ketones (excluding diaryl/α,β-unsaturated/α-hetero) is 1. The highest BCUT2D eigenvalue weighted by Gasteiger charge is 2.25. The first kappa shape index (κ1) is 37.1. The third kappa shape index (κ3) is 7.60. The van der Waals surface area contributed by atoms with Crippen molar-refractivity contribution in [3.05, 3.63) is 47.3 Å². The normalized spacial score (nSPS) is 12.4. The first-order valence-corrected chi connectivity index (χ1v) is 16.9. The Kier molecular flexibility index (Phi) is 11.6. The Bertz CT molecular complexity index is 2120. The molecule has 0 aliphatic carbocycles. The fraction of sp³-hybridized carbons (Fsp3) is 0.438. The number of hydrogen-bond donors (Lipinski definition) is 4. The lowest BCUT2D eigenvalue weighted by Gasteiger charge is -2.07. The van der Waals surface area contributed by atoms with Gasteiger partial charge in [-0.25, -0.2) is 24.1 Å². The maximum atomic E-state index is 12.9. The highest BCUT2D eigenvalue weighted by molar-refractivity contribution is 6.02. The van der Waals surface area contributed by atoms with E-state index in [2.05, 4.69) is 40.6 Å². The van der Waals surface area contributed by atoms with Crippen LogP contribution in [0.25, 0.3) is 11.6 Å². The Morgan fingerprint density at radius 1 is 0.769 bits per heavy atom. The molecule has 5 aromatic heterocycles. The topological polar surface area (TPSA) is 273 Å². The molecule has 52 heavy (non-hydrogen) atoms. The van der Waals surface area contributed by atoms with Crippen LogP contribution in [0.15, 0.2) is 45.2 Å². The third-order valence-electron chi connectivity index (χ3n) is 8.20. The van der Waals surface area contributed by atoms with Crippen LogP contribution in [0.5, 0.6) is 0 Å². The number of aromatic carboxylic acids is 1. The zero-order valence-electron chi connectivity index (χ0n) is 29.7. The Morgan fingerprint density at radius 2 is 1.25 bits per heavy atom. The van der Waals surface area contributed by atoms with Crippen LogP contribution in [0.1, 0.15) is 91.4 Å². The number of nitrogens with two attached hydrogens (primary N) is 2. The molecule has 0 aromatic carbocycles. The number of anilines is 2. The van der Waals surface area contributed by atoms with E-state index in [9.17, 15) is 19.8 Å². The van der Waals surface area contributed by atoms with Crippen molar-refractivity contribution in [2.24, 2.45) is 34.6 Å². The lowest BCUT2D eigenvalue weighted by atomic mass is 10.1. The van der Waals surface area contributed by atoms with E-state index in [-0.39, 0.29) is 51.7 Å². The molecule has 20 heteroatoms. The van der Waals surface area contributed by atoms with Gasteiger partial charge in [0.15, 0.2) is 52.1 Å². The number of nitrogens with zero attached hydrogens (tertiary/aromatic N) is 14. The molecule has 0 aliphatic heterocycles. The number of unbranched alkanes of at least 4 members (excludes halogenated alkanes) is 2. The summed E-state index contributed by atoms with van der Waals surface area (Å²) < 4.78 is 5.52. The van der Waals surface area contributed by atoms with E-state index in [4.69, 9.17) is 21.7 Å². The molecule has 0 saturated heterocycles. The molecule has 0 aliphatic rings. The molecule has 5 heterocycles. The van der Waals surface area contributed by atoms with Crippen LogP contribution in [-0.4, -0.2) is 77.2 Å². The Labute approximate surface area is 298 Å². The average Bonchev–Trinajstić information content (AvgIpc) is 3.87. The first-order chi connectivity index (χ1) is 25.0. The molecule has 0 saturated carbocycles. The summed E-state index contributed by atoms with van der Waals surface area (Å²) in [7, 11) is 3.19. The minimum Gasteiger partial charge on any atom is -0.477 e. The van der Waals surface area contributed by atoms with Crippen molar-refractivity contribution in [3.63, 3.8) is 0 Å². The largest absolute Gasteiger partial charge is 0.477 e. The number of ketones is 1. The van der Waals surface area contributed by atoms with Gasteiger partial charge in [0.05, 0.1) is 29.3 Å². The second-order valence-electron chi connectivity index (χ2n) is 12.0. The van der Waals surface area contributed by atoms with Crippen LogP contribution in [0, 0.1) is 0 Å². The maximum Gasteiger partial charge on any atom is 0.341 e. The second kappa shape index (κ2) is 16.2. The van der Waals surface area contributed by atoms with E-state index in [1.165, 1.54) is 37.4 Å². The van der Waals surface area contributed by atoms with Gasteiger partial charge in [-0.2, -0.15) is 29.8 Å². The quantitative estimate of drug-likeness (QED) is 0.0728. The predicted octanol–water partition coefficient (Wildman–Crippen LogP) is 5.04. The van der Waals surface area contributed by atoms with Gasteiger partial charge in [0.25, 0.3) is 0 Å². The van der Waals surface area contributed by atoms with Crippen LogP contribution in [-0.2, 0) is 26.9 Å². The average molecular weight is 715 g/mol. The van der Waals surface area contributed by atoms with Gasteiger partial charge < -0.3 is 21.7 Å². The molecule has 0 spiro atoms. The molecule has 6 N–H and O–H groups in total. The summed E-state index contributed by atoms with van der Waals surface area (Å²) >= 11 is 0. The Hall–Kier alpha value is -6.18. The smallest absolute Gasteiger partial charge is 0.341 e. The van der Waals surface area contributed by atoms with Gasteiger partial charge in [0.2, 0.25) is 0 Å². The van der Waals surface area contributed by atoms with E-state index in [0.29, 0.717) is 42.8 Å². The molecule has 274 valence electrons. The minimum absolute atomic E-state index is 0.0479. The fourth-order valence-electron chi connectivity index (χ4n) is 5.30. The number of nitrogen functional groups attached to an aromatic ring is 2. The molecule has 0 bridgehead atoms. The SMILES string of the molecule is CCCCc1nn(-c2cc(-n3nc(CCCC)c(/N=N/c4c(C(=O)C(O)CCC)cnn4C)c3N)ncn2)c(N)c1/N=N/c1c(C(=O)O)cnn1C. The number of aryl methyl sites for hydroxylation is 4. The van der Waals surface area contributed by atoms with Crippen LogP contribution >= 0.6 is 0 Å². The highest BCUT2D eigenvalue weighted by atomic mass is 16.4. The molecular formula is C32H42N16O4. The Balaban J connectivity index is 1.54. The van der Waals surface area contributed by atoms with E-state index in [0.717, 1.165) is 25.7 Å². The highest BCUT2D eigenvalue weighted by Crippen LogP contribution is 2.35. The molecule has 0 fully saturated rings. The number of carbonyl (C=O) groups is 2.